The predicted octanol–water partition coefficient (Wildman–Crippen LogP) is 3.56. The van der Waals surface area contributed by atoms with Crippen molar-refractivity contribution in [1.29, 1.82) is 0 Å². The molecule has 2 aliphatic heterocycles. The molecule has 0 radical (unpaired) electrons. The van der Waals surface area contributed by atoms with Crippen LogP contribution in [0.1, 0.15) is 29.6 Å². The minimum Gasteiger partial charge on any atom is -0.482 e. The van der Waals surface area contributed by atoms with E-state index in [1.165, 1.54) is 18.2 Å². The lowest BCUT2D eigenvalue weighted by Crippen LogP contribution is -2.31. The van der Waals surface area contributed by atoms with Gasteiger partial charge < -0.3 is 15.0 Å². The van der Waals surface area contributed by atoms with Gasteiger partial charge in [-0.15, -0.1) is 10.2 Å². The van der Waals surface area contributed by atoms with Gasteiger partial charge in [0.15, 0.2) is 17.5 Å². The quantitative estimate of drug-likeness (QED) is 0.455. The van der Waals surface area contributed by atoms with E-state index in [9.17, 15) is 9.59 Å². The topological polar surface area (TPSA) is 89.3 Å². The molecular formula is C23H23N5O3S. The highest BCUT2D eigenvalue weighted by atomic mass is 32.2. The molecule has 2 aliphatic rings. The van der Waals surface area contributed by atoms with E-state index < -0.39 is 0 Å². The number of thioether (sulfide) groups is 1. The van der Waals surface area contributed by atoms with Crippen molar-refractivity contribution in [3.8, 4) is 11.4 Å². The van der Waals surface area contributed by atoms with Crippen LogP contribution in [0.3, 0.4) is 0 Å². The number of carbonyl (C=O) groups excluding carboxylic acids is 2. The molecule has 0 bridgehead atoms. The minimum absolute atomic E-state index is 0.00928. The maximum absolute atomic E-state index is 12.9. The number of nitrogens with one attached hydrogen (secondary N) is 1. The summed E-state index contributed by atoms with van der Waals surface area (Å²) in [5.74, 6) is 1.32. The fraction of sp³-hybridized carbons (Fsp3) is 0.304. The number of carbonyl (C=O) groups is 2. The van der Waals surface area contributed by atoms with Crippen LogP contribution in [-0.2, 0) is 4.79 Å². The van der Waals surface area contributed by atoms with Gasteiger partial charge in [-0.3, -0.25) is 14.2 Å². The number of ether oxygens (including phenoxy) is 1. The number of hydrogen-bond acceptors (Lipinski definition) is 7. The number of amides is 1. The van der Waals surface area contributed by atoms with Gasteiger partial charge in [-0.1, -0.05) is 30.0 Å². The van der Waals surface area contributed by atoms with Crippen LogP contribution in [0, 0.1) is 0 Å². The minimum atomic E-state index is -0.224. The molecule has 8 nitrogen and oxygen atoms in total. The second-order valence-electron chi connectivity index (χ2n) is 7.76. The van der Waals surface area contributed by atoms with E-state index in [-0.39, 0.29) is 24.1 Å². The Morgan fingerprint density at radius 1 is 1.06 bits per heavy atom. The summed E-state index contributed by atoms with van der Waals surface area (Å²) >= 11 is 1.36. The van der Waals surface area contributed by atoms with E-state index in [1.807, 2.05) is 34.9 Å². The number of nitrogens with zero attached hydrogens (tertiary/aromatic N) is 4. The second kappa shape index (κ2) is 9.04. The van der Waals surface area contributed by atoms with Gasteiger partial charge >= 0.3 is 0 Å². The Hall–Kier alpha value is -3.33. The third-order valence-electron chi connectivity index (χ3n) is 5.54. The molecule has 3 heterocycles. The van der Waals surface area contributed by atoms with Gasteiger partial charge in [-0.05, 0) is 49.6 Å². The molecule has 1 saturated heterocycles. The summed E-state index contributed by atoms with van der Waals surface area (Å²) in [6.45, 7) is 1.90. The first-order valence-corrected chi connectivity index (χ1v) is 11.7. The monoisotopic (exact) mass is 449 g/mol. The van der Waals surface area contributed by atoms with Crippen LogP contribution in [0.15, 0.2) is 53.7 Å². The summed E-state index contributed by atoms with van der Waals surface area (Å²) in [6, 6.07) is 15.1. The molecule has 9 heteroatoms. The summed E-state index contributed by atoms with van der Waals surface area (Å²) in [7, 11) is 0. The van der Waals surface area contributed by atoms with Crippen molar-refractivity contribution in [2.24, 2.45) is 0 Å². The number of Topliss-reactive ketones (excluding diaryl/α,β-unsaturated/α-hetero) is 1. The van der Waals surface area contributed by atoms with Crippen LogP contribution < -0.4 is 15.0 Å². The molecule has 0 spiro atoms. The Morgan fingerprint density at radius 2 is 1.88 bits per heavy atom. The van der Waals surface area contributed by atoms with Gasteiger partial charge in [0, 0.05) is 18.7 Å². The fourth-order valence-corrected chi connectivity index (χ4v) is 4.77. The highest BCUT2D eigenvalue weighted by Crippen LogP contribution is 2.31. The number of ketones is 1. The lowest BCUT2D eigenvalue weighted by molar-refractivity contribution is -0.118. The summed E-state index contributed by atoms with van der Waals surface area (Å²) < 4.78 is 7.40. The van der Waals surface area contributed by atoms with Crippen molar-refractivity contribution in [3.05, 3.63) is 54.1 Å². The van der Waals surface area contributed by atoms with Gasteiger partial charge in [0.1, 0.15) is 5.75 Å². The molecule has 164 valence electrons. The molecule has 1 fully saturated rings. The summed E-state index contributed by atoms with van der Waals surface area (Å²) in [4.78, 5) is 26.7. The number of benzene rings is 2. The molecule has 0 atom stereocenters. The van der Waals surface area contributed by atoms with E-state index in [0.717, 1.165) is 37.6 Å². The van der Waals surface area contributed by atoms with Crippen LogP contribution in [0.2, 0.25) is 0 Å². The van der Waals surface area contributed by atoms with E-state index in [2.05, 4.69) is 20.4 Å². The summed E-state index contributed by atoms with van der Waals surface area (Å²) in [5.41, 5.74) is 2.02. The highest BCUT2D eigenvalue weighted by Gasteiger charge is 2.23. The van der Waals surface area contributed by atoms with Crippen LogP contribution >= 0.6 is 11.8 Å². The lowest BCUT2D eigenvalue weighted by Gasteiger charge is -2.27. The first-order valence-electron chi connectivity index (χ1n) is 10.7. The number of hydrogen-bond donors (Lipinski definition) is 1. The van der Waals surface area contributed by atoms with Crippen molar-refractivity contribution in [3.63, 3.8) is 0 Å². The zero-order valence-corrected chi connectivity index (χ0v) is 18.3. The summed E-state index contributed by atoms with van der Waals surface area (Å²) in [6.07, 6.45) is 3.51. The third-order valence-corrected chi connectivity index (χ3v) is 6.47. The average Bonchev–Trinajstić information content (AvgIpc) is 3.27. The molecule has 0 aliphatic carbocycles. The maximum atomic E-state index is 12.9. The molecule has 0 unspecified atom stereocenters. The smallest absolute Gasteiger partial charge is 0.262 e. The number of para-hydroxylation sites is 1. The Morgan fingerprint density at radius 3 is 2.69 bits per heavy atom. The van der Waals surface area contributed by atoms with Gasteiger partial charge in [0.05, 0.1) is 17.1 Å². The van der Waals surface area contributed by atoms with Gasteiger partial charge in [0.25, 0.3) is 5.91 Å². The molecule has 0 saturated carbocycles. The summed E-state index contributed by atoms with van der Waals surface area (Å²) in [5, 5.41) is 12.3. The molecule has 1 N–H and O–H groups in total. The van der Waals surface area contributed by atoms with Crippen molar-refractivity contribution in [2.75, 3.05) is 35.7 Å². The molecule has 5 rings (SSSR count). The number of anilines is 2. The van der Waals surface area contributed by atoms with Crippen molar-refractivity contribution < 1.29 is 14.3 Å². The van der Waals surface area contributed by atoms with E-state index in [4.69, 9.17) is 4.74 Å². The predicted molar refractivity (Wildman–Crippen MR) is 123 cm³/mol. The SMILES string of the molecule is O=C1COc2ccc(C(=O)CSc3nnc(N4CCCCC4)n3-c3ccccc3)cc2N1. The van der Waals surface area contributed by atoms with E-state index >= 15 is 0 Å². The zero-order valence-electron chi connectivity index (χ0n) is 17.5. The van der Waals surface area contributed by atoms with Crippen LogP contribution in [0.25, 0.3) is 5.69 Å². The standard InChI is InChI=1S/C23H23N5O3S/c29-19(16-9-10-20-18(13-16)24-21(30)14-31-20)15-32-23-26-25-22(27-11-5-2-6-12-27)28(23)17-7-3-1-4-8-17/h1,3-4,7-10,13H,2,5-6,11-12,14-15H2,(H,24,30). The molecule has 1 amide bonds. The largest absolute Gasteiger partial charge is 0.482 e. The number of piperidine rings is 1. The molecule has 1 aromatic heterocycles. The third kappa shape index (κ3) is 4.20. The lowest BCUT2D eigenvalue weighted by atomic mass is 10.1. The van der Waals surface area contributed by atoms with Gasteiger partial charge in [-0.25, -0.2) is 0 Å². The Bertz CT molecular complexity index is 1140. The first kappa shape index (κ1) is 20.6. The number of aromatic nitrogens is 3. The number of rotatable bonds is 6. The fourth-order valence-electron chi connectivity index (χ4n) is 3.93. The van der Waals surface area contributed by atoms with Crippen molar-refractivity contribution in [1.82, 2.24) is 14.8 Å². The Labute approximate surface area is 190 Å². The van der Waals surface area contributed by atoms with Gasteiger partial charge in [-0.2, -0.15) is 0 Å². The van der Waals surface area contributed by atoms with E-state index in [1.54, 1.807) is 18.2 Å². The molecule has 32 heavy (non-hydrogen) atoms. The second-order valence-corrected chi connectivity index (χ2v) is 8.70. The molecule has 3 aromatic rings. The van der Waals surface area contributed by atoms with E-state index in [0.29, 0.717) is 22.2 Å². The first-order chi connectivity index (χ1) is 15.7. The maximum Gasteiger partial charge on any atom is 0.262 e. The Balaban J connectivity index is 1.37. The van der Waals surface area contributed by atoms with Crippen LogP contribution in [-0.4, -0.2) is 51.9 Å². The van der Waals surface area contributed by atoms with Crippen molar-refractivity contribution >= 4 is 35.1 Å². The Kier molecular flexibility index (Phi) is 5.81. The number of fused-ring (bicyclic) bond motifs is 1. The zero-order chi connectivity index (χ0) is 21.9. The highest BCUT2D eigenvalue weighted by molar-refractivity contribution is 7.99. The van der Waals surface area contributed by atoms with Crippen LogP contribution in [0.4, 0.5) is 11.6 Å². The van der Waals surface area contributed by atoms with Crippen LogP contribution in [0.5, 0.6) is 5.75 Å². The average molecular weight is 450 g/mol. The molecular weight excluding hydrogens is 426 g/mol. The molecule has 2 aromatic carbocycles. The van der Waals surface area contributed by atoms with Gasteiger partial charge in [0.2, 0.25) is 5.95 Å². The normalized spacial score (nSPS) is 15.6. The van der Waals surface area contributed by atoms with Crippen molar-refractivity contribution in [2.45, 2.75) is 24.4 Å².